The van der Waals surface area contributed by atoms with Crippen LogP contribution < -0.4 is 5.32 Å². The van der Waals surface area contributed by atoms with Crippen molar-refractivity contribution >= 4 is 5.91 Å². The standard InChI is InChI=1S/C10H18N2O/c1-5-7-9(6-2)11-8-10(13)12(3)4/h1,9,11H,6-8H2,2-4H3. The molecule has 0 saturated heterocycles. The van der Waals surface area contributed by atoms with E-state index < -0.39 is 0 Å². The molecule has 0 bridgehead atoms. The summed E-state index contributed by atoms with van der Waals surface area (Å²) in [5.74, 6) is 2.66. The van der Waals surface area contributed by atoms with E-state index in [1.807, 2.05) is 0 Å². The highest BCUT2D eigenvalue weighted by atomic mass is 16.2. The van der Waals surface area contributed by atoms with Crippen LogP contribution >= 0.6 is 0 Å². The summed E-state index contributed by atoms with van der Waals surface area (Å²) in [7, 11) is 3.48. The Balaban J connectivity index is 3.73. The molecule has 0 aromatic rings. The second-order valence-corrected chi connectivity index (χ2v) is 3.18. The van der Waals surface area contributed by atoms with Crippen LogP contribution in [0.25, 0.3) is 0 Å². The molecule has 1 unspecified atom stereocenters. The molecule has 1 amide bonds. The largest absolute Gasteiger partial charge is 0.348 e. The number of carbonyl (C=O) groups excluding carboxylic acids is 1. The van der Waals surface area contributed by atoms with Crippen LogP contribution in [-0.4, -0.2) is 37.5 Å². The molecule has 0 aromatic carbocycles. The van der Waals surface area contributed by atoms with Gasteiger partial charge in [-0.2, -0.15) is 0 Å². The lowest BCUT2D eigenvalue weighted by atomic mass is 10.1. The lowest BCUT2D eigenvalue weighted by Gasteiger charge is -2.16. The lowest BCUT2D eigenvalue weighted by Crippen LogP contribution is -2.38. The van der Waals surface area contributed by atoms with Crippen molar-refractivity contribution in [2.24, 2.45) is 0 Å². The summed E-state index contributed by atoms with van der Waals surface area (Å²) in [6.45, 7) is 2.42. The van der Waals surface area contributed by atoms with Gasteiger partial charge >= 0.3 is 0 Å². The van der Waals surface area contributed by atoms with Crippen LogP contribution in [0, 0.1) is 12.3 Å². The van der Waals surface area contributed by atoms with E-state index in [1.165, 1.54) is 0 Å². The fourth-order valence-electron chi connectivity index (χ4n) is 0.893. The monoisotopic (exact) mass is 182 g/mol. The zero-order valence-electron chi connectivity index (χ0n) is 8.63. The predicted octanol–water partition coefficient (Wildman–Crippen LogP) is 0.466. The summed E-state index contributed by atoms with van der Waals surface area (Å²) in [5, 5.41) is 3.12. The molecule has 0 heterocycles. The average Bonchev–Trinajstić information content (AvgIpc) is 2.11. The van der Waals surface area contributed by atoms with Gasteiger partial charge in [0.15, 0.2) is 0 Å². The number of nitrogens with zero attached hydrogens (tertiary/aromatic N) is 1. The molecule has 0 aliphatic carbocycles. The summed E-state index contributed by atoms with van der Waals surface area (Å²) in [6, 6.07) is 0.258. The van der Waals surface area contributed by atoms with Crippen molar-refractivity contribution in [3.8, 4) is 12.3 Å². The smallest absolute Gasteiger partial charge is 0.236 e. The maximum absolute atomic E-state index is 11.2. The van der Waals surface area contributed by atoms with Gasteiger partial charge in [0.05, 0.1) is 6.54 Å². The van der Waals surface area contributed by atoms with Gasteiger partial charge in [0.2, 0.25) is 5.91 Å². The fourth-order valence-corrected chi connectivity index (χ4v) is 0.893. The molecule has 13 heavy (non-hydrogen) atoms. The van der Waals surface area contributed by atoms with E-state index in [0.29, 0.717) is 13.0 Å². The molecule has 0 spiro atoms. The van der Waals surface area contributed by atoms with Crippen molar-refractivity contribution < 1.29 is 4.79 Å². The van der Waals surface area contributed by atoms with E-state index in [4.69, 9.17) is 6.42 Å². The molecule has 0 saturated carbocycles. The van der Waals surface area contributed by atoms with E-state index >= 15 is 0 Å². The van der Waals surface area contributed by atoms with E-state index in [0.717, 1.165) is 6.42 Å². The highest BCUT2D eigenvalue weighted by Crippen LogP contribution is 1.95. The van der Waals surface area contributed by atoms with Gasteiger partial charge in [0, 0.05) is 26.6 Å². The first-order valence-electron chi connectivity index (χ1n) is 4.48. The maximum atomic E-state index is 11.2. The third kappa shape index (κ3) is 5.26. The number of likely N-dealkylation sites (N-methyl/N-ethyl adjacent to an activating group) is 1. The molecule has 1 N–H and O–H groups in total. The highest BCUT2D eigenvalue weighted by Gasteiger charge is 2.07. The Morgan fingerprint density at radius 2 is 2.23 bits per heavy atom. The van der Waals surface area contributed by atoms with E-state index in [9.17, 15) is 4.79 Å². The van der Waals surface area contributed by atoms with Crippen LogP contribution in [-0.2, 0) is 4.79 Å². The number of hydrogen-bond acceptors (Lipinski definition) is 2. The first-order chi connectivity index (χ1) is 6.11. The fraction of sp³-hybridized carbons (Fsp3) is 0.700. The Morgan fingerprint density at radius 3 is 2.62 bits per heavy atom. The van der Waals surface area contributed by atoms with Gasteiger partial charge in [0.1, 0.15) is 0 Å². The summed E-state index contributed by atoms with van der Waals surface area (Å²) >= 11 is 0. The Labute approximate surface area is 80.5 Å². The molecule has 0 aliphatic rings. The molecule has 0 aromatic heterocycles. The van der Waals surface area contributed by atoms with E-state index in [1.54, 1.807) is 19.0 Å². The molecule has 3 heteroatoms. The number of terminal acetylenes is 1. The van der Waals surface area contributed by atoms with Gasteiger partial charge in [-0.1, -0.05) is 6.92 Å². The normalized spacial score (nSPS) is 11.8. The SMILES string of the molecule is C#CCC(CC)NCC(=O)N(C)C. The van der Waals surface area contributed by atoms with Crippen molar-refractivity contribution in [3.63, 3.8) is 0 Å². The zero-order valence-corrected chi connectivity index (χ0v) is 8.63. The van der Waals surface area contributed by atoms with Gasteiger partial charge in [-0.15, -0.1) is 12.3 Å². The van der Waals surface area contributed by atoms with Gasteiger partial charge in [-0.3, -0.25) is 4.79 Å². The van der Waals surface area contributed by atoms with Gasteiger partial charge in [0.25, 0.3) is 0 Å². The lowest BCUT2D eigenvalue weighted by molar-refractivity contribution is -0.127. The Bertz CT molecular complexity index is 194. The summed E-state index contributed by atoms with van der Waals surface area (Å²) in [6.07, 6.45) is 6.81. The second kappa shape index (κ2) is 6.50. The van der Waals surface area contributed by atoms with Crippen molar-refractivity contribution in [3.05, 3.63) is 0 Å². The summed E-state index contributed by atoms with van der Waals surface area (Å²) in [4.78, 5) is 12.7. The molecule has 0 fully saturated rings. The molecule has 3 nitrogen and oxygen atoms in total. The number of nitrogens with one attached hydrogen (secondary N) is 1. The third-order valence-electron chi connectivity index (χ3n) is 1.90. The topological polar surface area (TPSA) is 32.3 Å². The van der Waals surface area contributed by atoms with Crippen LogP contribution in [0.1, 0.15) is 19.8 Å². The van der Waals surface area contributed by atoms with Crippen LogP contribution in [0.3, 0.4) is 0 Å². The highest BCUT2D eigenvalue weighted by molar-refractivity contribution is 5.77. The molecular formula is C10H18N2O. The van der Waals surface area contributed by atoms with Crippen LogP contribution in [0.15, 0.2) is 0 Å². The van der Waals surface area contributed by atoms with Crippen LogP contribution in [0.5, 0.6) is 0 Å². The van der Waals surface area contributed by atoms with Crippen molar-refractivity contribution in [1.29, 1.82) is 0 Å². The Hall–Kier alpha value is -1.01. The number of rotatable bonds is 5. The van der Waals surface area contributed by atoms with Crippen LogP contribution in [0.2, 0.25) is 0 Å². The van der Waals surface area contributed by atoms with Gasteiger partial charge in [-0.05, 0) is 6.42 Å². The molecule has 0 rings (SSSR count). The molecule has 1 atom stereocenters. The molecule has 0 radical (unpaired) electrons. The quantitative estimate of drug-likeness (QED) is 0.627. The Morgan fingerprint density at radius 1 is 1.62 bits per heavy atom. The van der Waals surface area contributed by atoms with Crippen molar-refractivity contribution in [2.45, 2.75) is 25.8 Å². The minimum absolute atomic E-state index is 0.0791. The average molecular weight is 182 g/mol. The molecule has 0 aliphatic heterocycles. The number of amides is 1. The van der Waals surface area contributed by atoms with Crippen molar-refractivity contribution in [2.75, 3.05) is 20.6 Å². The Kier molecular flexibility index (Phi) is 5.99. The van der Waals surface area contributed by atoms with Crippen LogP contribution in [0.4, 0.5) is 0 Å². The maximum Gasteiger partial charge on any atom is 0.236 e. The predicted molar refractivity (Wildman–Crippen MR) is 54.2 cm³/mol. The minimum Gasteiger partial charge on any atom is -0.348 e. The second-order valence-electron chi connectivity index (χ2n) is 3.18. The van der Waals surface area contributed by atoms with E-state index in [2.05, 4.69) is 18.2 Å². The third-order valence-corrected chi connectivity index (χ3v) is 1.90. The number of hydrogen-bond donors (Lipinski definition) is 1. The minimum atomic E-state index is 0.0791. The van der Waals surface area contributed by atoms with E-state index in [-0.39, 0.29) is 11.9 Å². The van der Waals surface area contributed by atoms with Gasteiger partial charge in [-0.25, -0.2) is 0 Å². The summed E-state index contributed by atoms with van der Waals surface area (Å²) < 4.78 is 0. The first-order valence-corrected chi connectivity index (χ1v) is 4.48. The number of carbonyl (C=O) groups is 1. The zero-order chi connectivity index (χ0) is 10.3. The molecule has 74 valence electrons. The first kappa shape index (κ1) is 12.0. The summed E-state index contributed by atoms with van der Waals surface area (Å²) in [5.41, 5.74) is 0. The molecular weight excluding hydrogens is 164 g/mol. The van der Waals surface area contributed by atoms with Gasteiger partial charge < -0.3 is 10.2 Å². The van der Waals surface area contributed by atoms with Crippen molar-refractivity contribution in [1.82, 2.24) is 10.2 Å².